The van der Waals surface area contributed by atoms with Gasteiger partial charge in [0.05, 0.1) is 0 Å². The smallest absolute Gasteiger partial charge is 0.321 e. The number of aryl methyl sites for hydroxylation is 1. The van der Waals surface area contributed by atoms with E-state index in [0.29, 0.717) is 17.5 Å². The Morgan fingerprint density at radius 1 is 1.14 bits per heavy atom. The van der Waals surface area contributed by atoms with Crippen LogP contribution in [-0.2, 0) is 4.79 Å². The van der Waals surface area contributed by atoms with Gasteiger partial charge in [0, 0.05) is 31.4 Å². The molecular formula is C17H25N3O2. The van der Waals surface area contributed by atoms with Crippen molar-refractivity contribution >= 4 is 23.3 Å². The predicted octanol–water partition coefficient (Wildman–Crippen LogP) is 3.46. The van der Waals surface area contributed by atoms with E-state index in [1.165, 1.54) is 13.3 Å². The second kappa shape index (κ2) is 6.81. The molecule has 1 aromatic rings. The van der Waals surface area contributed by atoms with Crippen molar-refractivity contribution in [2.45, 2.75) is 34.1 Å². The van der Waals surface area contributed by atoms with E-state index in [0.717, 1.165) is 24.3 Å². The van der Waals surface area contributed by atoms with E-state index in [1.54, 1.807) is 6.07 Å². The van der Waals surface area contributed by atoms with Gasteiger partial charge in [-0.1, -0.05) is 19.9 Å². The zero-order valence-corrected chi connectivity index (χ0v) is 13.8. The van der Waals surface area contributed by atoms with E-state index < -0.39 is 0 Å². The average molecular weight is 303 g/mol. The van der Waals surface area contributed by atoms with Gasteiger partial charge < -0.3 is 15.5 Å². The minimum absolute atomic E-state index is 0.0681. The number of amides is 3. The number of piperidine rings is 1. The molecule has 1 aliphatic heterocycles. The largest absolute Gasteiger partial charge is 0.326 e. The Morgan fingerprint density at radius 2 is 1.77 bits per heavy atom. The number of nitrogens with one attached hydrogen (secondary N) is 2. The molecule has 2 rings (SSSR count). The third-order valence-electron chi connectivity index (χ3n) is 3.96. The van der Waals surface area contributed by atoms with Crippen LogP contribution in [0.5, 0.6) is 0 Å². The fourth-order valence-electron chi connectivity index (χ4n) is 3.06. The first kappa shape index (κ1) is 16.3. The summed E-state index contributed by atoms with van der Waals surface area (Å²) in [6, 6.07) is 5.45. The van der Waals surface area contributed by atoms with E-state index in [-0.39, 0.29) is 11.9 Å². The van der Waals surface area contributed by atoms with Crippen LogP contribution in [0, 0.1) is 18.8 Å². The molecule has 5 nitrogen and oxygen atoms in total. The fourth-order valence-corrected chi connectivity index (χ4v) is 3.06. The number of hydrogen-bond acceptors (Lipinski definition) is 2. The van der Waals surface area contributed by atoms with Gasteiger partial charge in [0.25, 0.3) is 0 Å². The molecule has 2 N–H and O–H groups in total. The van der Waals surface area contributed by atoms with Crippen LogP contribution in [0.25, 0.3) is 0 Å². The summed E-state index contributed by atoms with van der Waals surface area (Å²) < 4.78 is 0. The summed E-state index contributed by atoms with van der Waals surface area (Å²) in [6.07, 6.45) is 1.17. The van der Waals surface area contributed by atoms with Gasteiger partial charge in [-0.2, -0.15) is 0 Å². The highest BCUT2D eigenvalue weighted by molar-refractivity contribution is 5.93. The summed E-state index contributed by atoms with van der Waals surface area (Å²) in [6.45, 7) is 9.35. The zero-order valence-electron chi connectivity index (χ0n) is 13.8. The second-order valence-electron chi connectivity index (χ2n) is 6.49. The summed E-state index contributed by atoms with van der Waals surface area (Å²) in [4.78, 5) is 25.5. The van der Waals surface area contributed by atoms with E-state index in [9.17, 15) is 9.59 Å². The first-order valence-corrected chi connectivity index (χ1v) is 7.79. The van der Waals surface area contributed by atoms with Crippen molar-refractivity contribution in [3.8, 4) is 0 Å². The molecular weight excluding hydrogens is 278 g/mol. The second-order valence-corrected chi connectivity index (χ2v) is 6.49. The van der Waals surface area contributed by atoms with Gasteiger partial charge in [-0.3, -0.25) is 4.79 Å². The van der Waals surface area contributed by atoms with Crippen LogP contribution >= 0.6 is 0 Å². The molecule has 120 valence electrons. The van der Waals surface area contributed by atoms with E-state index in [2.05, 4.69) is 24.5 Å². The van der Waals surface area contributed by atoms with Gasteiger partial charge in [0.15, 0.2) is 0 Å². The number of carbonyl (C=O) groups excluding carboxylic acids is 2. The maximum atomic E-state index is 12.5. The van der Waals surface area contributed by atoms with Crippen LogP contribution in [0.1, 0.15) is 32.8 Å². The lowest BCUT2D eigenvalue weighted by atomic mass is 9.92. The summed E-state index contributed by atoms with van der Waals surface area (Å²) in [5.74, 6) is 0.933. The topological polar surface area (TPSA) is 61.4 Å². The summed E-state index contributed by atoms with van der Waals surface area (Å²) >= 11 is 0. The van der Waals surface area contributed by atoms with Crippen LogP contribution in [0.15, 0.2) is 18.2 Å². The Hall–Kier alpha value is -2.04. The molecule has 1 aromatic carbocycles. The molecule has 0 aliphatic carbocycles. The molecule has 22 heavy (non-hydrogen) atoms. The molecule has 0 aromatic heterocycles. The van der Waals surface area contributed by atoms with Crippen molar-refractivity contribution in [2.24, 2.45) is 11.8 Å². The molecule has 3 amide bonds. The van der Waals surface area contributed by atoms with Gasteiger partial charge in [-0.15, -0.1) is 0 Å². The average Bonchev–Trinajstić information content (AvgIpc) is 2.40. The Labute approximate surface area is 132 Å². The molecule has 1 saturated heterocycles. The molecule has 0 spiro atoms. The summed E-state index contributed by atoms with van der Waals surface area (Å²) in [5.41, 5.74) is 2.40. The first-order chi connectivity index (χ1) is 10.3. The van der Waals surface area contributed by atoms with Crippen LogP contribution in [-0.4, -0.2) is 29.9 Å². The van der Waals surface area contributed by atoms with Crippen molar-refractivity contribution in [3.05, 3.63) is 23.8 Å². The van der Waals surface area contributed by atoms with Crippen molar-refractivity contribution in [1.29, 1.82) is 0 Å². The Balaban J connectivity index is 2.09. The molecule has 0 radical (unpaired) electrons. The first-order valence-electron chi connectivity index (χ1n) is 7.79. The standard InChI is InChI=1S/C17H25N3O2/c1-11-7-12(2)10-20(9-11)17(22)19-16-8-15(18-14(4)21)6-5-13(16)3/h5-6,8,11-12H,7,9-10H2,1-4H3,(H,18,21)(H,19,22)/t11-,12+. The molecule has 0 bridgehead atoms. The van der Waals surface area contributed by atoms with Crippen molar-refractivity contribution < 1.29 is 9.59 Å². The third kappa shape index (κ3) is 4.23. The zero-order chi connectivity index (χ0) is 16.3. The predicted molar refractivity (Wildman–Crippen MR) is 89.0 cm³/mol. The molecule has 0 unspecified atom stereocenters. The minimum Gasteiger partial charge on any atom is -0.326 e. The maximum absolute atomic E-state index is 12.5. The van der Waals surface area contributed by atoms with E-state index >= 15 is 0 Å². The monoisotopic (exact) mass is 303 g/mol. The normalized spacial score (nSPS) is 21.4. The molecule has 2 atom stereocenters. The van der Waals surface area contributed by atoms with Crippen LogP contribution in [0.4, 0.5) is 16.2 Å². The van der Waals surface area contributed by atoms with E-state index in [4.69, 9.17) is 0 Å². The molecule has 0 saturated carbocycles. The molecule has 1 heterocycles. The van der Waals surface area contributed by atoms with Gasteiger partial charge in [-0.25, -0.2) is 4.79 Å². The highest BCUT2D eigenvalue weighted by Gasteiger charge is 2.25. The van der Waals surface area contributed by atoms with Crippen molar-refractivity contribution in [3.63, 3.8) is 0 Å². The van der Waals surface area contributed by atoms with Crippen LogP contribution < -0.4 is 10.6 Å². The Morgan fingerprint density at radius 3 is 2.36 bits per heavy atom. The maximum Gasteiger partial charge on any atom is 0.321 e. The van der Waals surface area contributed by atoms with Gasteiger partial charge >= 0.3 is 6.03 Å². The number of urea groups is 1. The quantitative estimate of drug-likeness (QED) is 0.879. The van der Waals surface area contributed by atoms with Gasteiger partial charge in [-0.05, 0) is 42.9 Å². The number of anilines is 2. The summed E-state index contributed by atoms with van der Waals surface area (Å²) in [7, 11) is 0. The summed E-state index contributed by atoms with van der Waals surface area (Å²) in [5, 5.41) is 5.71. The number of rotatable bonds is 2. The van der Waals surface area contributed by atoms with Crippen LogP contribution in [0.2, 0.25) is 0 Å². The molecule has 5 heteroatoms. The minimum atomic E-state index is -0.125. The highest BCUT2D eigenvalue weighted by Crippen LogP contribution is 2.24. The van der Waals surface area contributed by atoms with E-state index in [1.807, 2.05) is 24.0 Å². The number of benzene rings is 1. The van der Waals surface area contributed by atoms with Crippen molar-refractivity contribution in [1.82, 2.24) is 4.90 Å². The third-order valence-corrected chi connectivity index (χ3v) is 3.96. The molecule has 1 aliphatic rings. The number of hydrogen-bond donors (Lipinski definition) is 2. The lowest BCUT2D eigenvalue weighted by molar-refractivity contribution is -0.114. The highest BCUT2D eigenvalue weighted by atomic mass is 16.2. The van der Waals surface area contributed by atoms with Crippen molar-refractivity contribution in [2.75, 3.05) is 23.7 Å². The lowest BCUT2D eigenvalue weighted by Gasteiger charge is -2.35. The molecule has 1 fully saturated rings. The Bertz CT molecular complexity index is 561. The number of nitrogens with zero attached hydrogens (tertiary/aromatic N) is 1. The van der Waals surface area contributed by atoms with Gasteiger partial charge in [0.1, 0.15) is 0 Å². The lowest BCUT2D eigenvalue weighted by Crippen LogP contribution is -2.44. The SMILES string of the molecule is CC(=O)Nc1ccc(C)c(NC(=O)N2C[C@H](C)C[C@H](C)C2)c1. The van der Waals surface area contributed by atoms with Crippen LogP contribution in [0.3, 0.4) is 0 Å². The van der Waals surface area contributed by atoms with Gasteiger partial charge in [0.2, 0.25) is 5.91 Å². The Kier molecular flexibility index (Phi) is 5.06. The number of carbonyl (C=O) groups is 2. The fraction of sp³-hybridized carbons (Fsp3) is 0.529. The number of likely N-dealkylation sites (tertiary alicyclic amines) is 1.